The molecule has 2 N–H and O–H groups in total. The molecule has 1 saturated heterocycles. The van der Waals surface area contributed by atoms with Crippen LogP contribution in [0.3, 0.4) is 0 Å². The summed E-state index contributed by atoms with van der Waals surface area (Å²) < 4.78 is 5.46. The lowest BCUT2D eigenvalue weighted by atomic mass is 10.1. The fourth-order valence-corrected chi connectivity index (χ4v) is 2.46. The van der Waals surface area contributed by atoms with Crippen molar-refractivity contribution in [1.82, 2.24) is 10.2 Å². The largest absolute Gasteiger partial charge is 0.480 e. The third-order valence-electron chi connectivity index (χ3n) is 3.79. The maximum atomic E-state index is 12.2. The second kappa shape index (κ2) is 7.91. The molecule has 6 heteroatoms. The Morgan fingerprint density at radius 1 is 1.41 bits per heavy atom. The van der Waals surface area contributed by atoms with Gasteiger partial charge in [0.05, 0.1) is 6.61 Å². The molecule has 1 fully saturated rings. The highest BCUT2D eigenvalue weighted by molar-refractivity contribution is 5.86. The predicted molar refractivity (Wildman–Crippen MR) is 81.6 cm³/mol. The number of aliphatic carboxylic acids is 1. The molecule has 0 bridgehead atoms. The average molecular weight is 306 g/mol. The number of hydrogen-bond donors (Lipinski definition) is 2. The molecule has 0 saturated carbocycles. The zero-order chi connectivity index (χ0) is 15.9. The minimum Gasteiger partial charge on any atom is -0.480 e. The van der Waals surface area contributed by atoms with Crippen LogP contribution in [0.15, 0.2) is 30.3 Å². The van der Waals surface area contributed by atoms with Crippen molar-refractivity contribution in [3.8, 4) is 0 Å². The van der Waals surface area contributed by atoms with E-state index >= 15 is 0 Å². The summed E-state index contributed by atoms with van der Waals surface area (Å²) in [5.74, 6) is -1.40. The van der Waals surface area contributed by atoms with Crippen molar-refractivity contribution in [3.63, 3.8) is 0 Å². The van der Waals surface area contributed by atoms with Crippen LogP contribution in [-0.4, -0.2) is 60.3 Å². The molecule has 1 aromatic rings. The lowest BCUT2D eigenvalue weighted by Crippen LogP contribution is -2.53. The molecule has 1 aliphatic heterocycles. The van der Waals surface area contributed by atoms with Crippen LogP contribution in [0.4, 0.5) is 0 Å². The number of carbonyl (C=O) groups is 2. The second-order valence-corrected chi connectivity index (χ2v) is 5.34. The van der Waals surface area contributed by atoms with E-state index in [2.05, 4.69) is 10.2 Å². The van der Waals surface area contributed by atoms with Gasteiger partial charge < -0.3 is 15.2 Å². The summed E-state index contributed by atoms with van der Waals surface area (Å²) in [5, 5.41) is 11.9. The number of nitrogens with one attached hydrogen (secondary N) is 1. The van der Waals surface area contributed by atoms with Gasteiger partial charge in [-0.3, -0.25) is 9.69 Å². The number of carboxylic acids is 1. The summed E-state index contributed by atoms with van der Waals surface area (Å²) >= 11 is 0. The molecule has 6 nitrogen and oxygen atoms in total. The SMILES string of the molecule is CCN1CCO[C@H](C(=O)N[C@H](Cc2ccccc2)C(=O)O)C1. The quantitative estimate of drug-likeness (QED) is 0.801. The van der Waals surface area contributed by atoms with Gasteiger partial charge >= 0.3 is 5.97 Å². The van der Waals surface area contributed by atoms with E-state index in [1.54, 1.807) is 0 Å². The minimum atomic E-state index is -1.04. The highest BCUT2D eigenvalue weighted by Crippen LogP contribution is 2.07. The fraction of sp³-hybridized carbons (Fsp3) is 0.500. The first-order valence-electron chi connectivity index (χ1n) is 7.51. The van der Waals surface area contributed by atoms with E-state index in [9.17, 15) is 14.7 Å². The van der Waals surface area contributed by atoms with Crippen LogP contribution in [0.1, 0.15) is 12.5 Å². The molecule has 22 heavy (non-hydrogen) atoms. The molecule has 1 aromatic carbocycles. The van der Waals surface area contributed by atoms with Crippen molar-refractivity contribution >= 4 is 11.9 Å². The number of benzene rings is 1. The van der Waals surface area contributed by atoms with Gasteiger partial charge in [-0.15, -0.1) is 0 Å². The van der Waals surface area contributed by atoms with Crippen molar-refractivity contribution in [2.75, 3.05) is 26.2 Å². The second-order valence-electron chi connectivity index (χ2n) is 5.34. The molecular formula is C16H22N2O4. The van der Waals surface area contributed by atoms with Gasteiger partial charge in [0, 0.05) is 19.5 Å². The Bertz CT molecular complexity index is 506. The molecule has 0 spiro atoms. The maximum absolute atomic E-state index is 12.2. The predicted octanol–water partition coefficient (Wildman–Crippen LogP) is 0.519. The van der Waals surface area contributed by atoms with Crippen LogP contribution in [-0.2, 0) is 20.7 Å². The standard InChI is InChI=1S/C16H22N2O4/c1-2-18-8-9-22-14(11-18)15(19)17-13(16(20)21)10-12-6-4-3-5-7-12/h3-7,13-14H,2,8-11H2,1H3,(H,17,19)(H,20,21)/t13-,14+/m1/s1. The zero-order valence-corrected chi connectivity index (χ0v) is 12.7. The first kappa shape index (κ1) is 16.5. The monoisotopic (exact) mass is 306 g/mol. The number of nitrogens with zero attached hydrogens (tertiary/aromatic N) is 1. The molecule has 0 aliphatic carbocycles. The van der Waals surface area contributed by atoms with Crippen molar-refractivity contribution in [1.29, 1.82) is 0 Å². The van der Waals surface area contributed by atoms with Crippen LogP contribution in [0.5, 0.6) is 0 Å². The van der Waals surface area contributed by atoms with Crippen LogP contribution in [0.25, 0.3) is 0 Å². The van der Waals surface area contributed by atoms with Crippen LogP contribution in [0.2, 0.25) is 0 Å². The van der Waals surface area contributed by atoms with E-state index in [4.69, 9.17) is 4.74 Å². The Morgan fingerprint density at radius 2 is 2.14 bits per heavy atom. The normalized spacial score (nSPS) is 20.3. The molecule has 1 heterocycles. The molecule has 120 valence electrons. The lowest BCUT2D eigenvalue weighted by Gasteiger charge is -2.31. The number of carbonyl (C=O) groups excluding carboxylic acids is 1. The van der Waals surface area contributed by atoms with Crippen LogP contribution >= 0.6 is 0 Å². The molecule has 0 radical (unpaired) electrons. The molecule has 0 aromatic heterocycles. The van der Waals surface area contributed by atoms with E-state index in [-0.39, 0.29) is 12.3 Å². The number of amides is 1. The van der Waals surface area contributed by atoms with E-state index < -0.39 is 18.1 Å². The van der Waals surface area contributed by atoms with E-state index in [1.165, 1.54) is 0 Å². The first-order valence-corrected chi connectivity index (χ1v) is 7.51. The lowest BCUT2D eigenvalue weighted by molar-refractivity contribution is -0.146. The Labute approximate surface area is 130 Å². The Kier molecular flexibility index (Phi) is 5.91. The summed E-state index contributed by atoms with van der Waals surface area (Å²) in [4.78, 5) is 25.7. The summed E-state index contributed by atoms with van der Waals surface area (Å²) in [7, 11) is 0. The summed E-state index contributed by atoms with van der Waals surface area (Å²) in [5.41, 5.74) is 0.870. The Hall–Kier alpha value is -1.92. The Balaban J connectivity index is 1.95. The highest BCUT2D eigenvalue weighted by Gasteiger charge is 2.29. The van der Waals surface area contributed by atoms with E-state index in [1.807, 2.05) is 37.3 Å². The minimum absolute atomic E-state index is 0.256. The van der Waals surface area contributed by atoms with Crippen LogP contribution in [0, 0.1) is 0 Å². The number of ether oxygens (including phenoxy) is 1. The highest BCUT2D eigenvalue weighted by atomic mass is 16.5. The summed E-state index contributed by atoms with van der Waals surface area (Å²) in [6.45, 7) is 4.66. The van der Waals surface area contributed by atoms with Crippen molar-refractivity contribution in [3.05, 3.63) is 35.9 Å². The van der Waals surface area contributed by atoms with E-state index in [0.29, 0.717) is 13.2 Å². The molecule has 2 rings (SSSR count). The van der Waals surface area contributed by atoms with Crippen molar-refractivity contribution in [2.24, 2.45) is 0 Å². The third-order valence-corrected chi connectivity index (χ3v) is 3.79. The topological polar surface area (TPSA) is 78.9 Å². The summed E-state index contributed by atoms with van der Waals surface area (Å²) in [6, 6.07) is 8.30. The van der Waals surface area contributed by atoms with Gasteiger partial charge in [-0.1, -0.05) is 37.3 Å². The molecule has 0 unspecified atom stereocenters. The number of hydrogen-bond acceptors (Lipinski definition) is 4. The molecule has 2 atom stereocenters. The smallest absolute Gasteiger partial charge is 0.326 e. The summed E-state index contributed by atoms with van der Waals surface area (Å²) in [6.07, 6.45) is -0.349. The van der Waals surface area contributed by atoms with Gasteiger partial charge in [-0.2, -0.15) is 0 Å². The van der Waals surface area contributed by atoms with Gasteiger partial charge in [-0.25, -0.2) is 4.79 Å². The molecular weight excluding hydrogens is 284 g/mol. The van der Waals surface area contributed by atoms with Gasteiger partial charge in [0.1, 0.15) is 12.1 Å². The number of rotatable bonds is 6. The average Bonchev–Trinajstić information content (AvgIpc) is 2.55. The van der Waals surface area contributed by atoms with Crippen molar-refractivity contribution in [2.45, 2.75) is 25.5 Å². The van der Waals surface area contributed by atoms with E-state index in [0.717, 1.165) is 18.7 Å². The number of likely N-dealkylation sites (N-methyl/N-ethyl adjacent to an activating group) is 1. The number of morpholine rings is 1. The van der Waals surface area contributed by atoms with Gasteiger partial charge in [0.2, 0.25) is 0 Å². The zero-order valence-electron chi connectivity index (χ0n) is 12.7. The van der Waals surface area contributed by atoms with Crippen molar-refractivity contribution < 1.29 is 19.4 Å². The van der Waals surface area contributed by atoms with Gasteiger partial charge in [0.25, 0.3) is 5.91 Å². The first-order chi connectivity index (χ1) is 10.6. The van der Waals surface area contributed by atoms with Crippen LogP contribution < -0.4 is 5.32 Å². The Morgan fingerprint density at radius 3 is 2.77 bits per heavy atom. The maximum Gasteiger partial charge on any atom is 0.326 e. The third kappa shape index (κ3) is 4.54. The molecule has 1 aliphatic rings. The fourth-order valence-electron chi connectivity index (χ4n) is 2.46. The van der Waals surface area contributed by atoms with Gasteiger partial charge in [-0.05, 0) is 12.1 Å². The molecule has 1 amide bonds. The number of carboxylic acid groups (broad SMARTS) is 1. The van der Waals surface area contributed by atoms with Gasteiger partial charge in [0.15, 0.2) is 0 Å².